The lowest BCUT2D eigenvalue weighted by molar-refractivity contribution is -0.135. The number of carboxylic acid groups (broad SMARTS) is 1. The third-order valence-electron chi connectivity index (χ3n) is 1.13. The predicted molar refractivity (Wildman–Crippen MR) is 46.2 cm³/mol. The lowest BCUT2D eigenvalue weighted by Crippen LogP contribution is -2.32. The van der Waals surface area contributed by atoms with Gasteiger partial charge in [-0.25, -0.2) is 4.79 Å². The molecule has 0 aliphatic heterocycles. The summed E-state index contributed by atoms with van der Waals surface area (Å²) in [4.78, 5) is 32.0. The third-order valence-corrected chi connectivity index (χ3v) is 1.13. The zero-order valence-electron chi connectivity index (χ0n) is 7.86. The molecule has 2 amide bonds. The second kappa shape index (κ2) is 5.74. The van der Waals surface area contributed by atoms with Crippen molar-refractivity contribution >= 4 is 17.8 Å². The highest BCUT2D eigenvalue weighted by Crippen LogP contribution is 1.95. The summed E-state index contributed by atoms with van der Waals surface area (Å²) in [5.74, 6) is -3.06. The van der Waals surface area contributed by atoms with Gasteiger partial charge in [0.1, 0.15) is 6.26 Å². The van der Waals surface area contributed by atoms with Crippen molar-refractivity contribution in [1.29, 1.82) is 0 Å². The topological polar surface area (TPSA) is 92.7 Å². The highest BCUT2D eigenvalue weighted by Gasteiger charge is 2.18. The van der Waals surface area contributed by atoms with Crippen molar-refractivity contribution in [2.24, 2.45) is 0 Å². The Morgan fingerprint density at radius 2 is 2.00 bits per heavy atom. The quantitative estimate of drug-likeness (QED) is 0.281. The van der Waals surface area contributed by atoms with Gasteiger partial charge in [0.05, 0.1) is 6.61 Å². The number of amides is 2. The van der Waals surface area contributed by atoms with E-state index in [4.69, 9.17) is 5.11 Å². The SMILES string of the molecule is CCOC=C(C(=O)O)C(=O)NC(C)=O. The van der Waals surface area contributed by atoms with Crippen molar-refractivity contribution in [2.45, 2.75) is 13.8 Å². The van der Waals surface area contributed by atoms with Crippen LogP contribution in [-0.4, -0.2) is 29.5 Å². The Balaban J connectivity index is 4.58. The van der Waals surface area contributed by atoms with Crippen molar-refractivity contribution in [3.8, 4) is 0 Å². The van der Waals surface area contributed by atoms with E-state index in [1.807, 2.05) is 5.32 Å². The van der Waals surface area contributed by atoms with Gasteiger partial charge < -0.3 is 9.84 Å². The zero-order chi connectivity index (χ0) is 11.1. The Bertz CT molecular complexity index is 281. The fourth-order valence-corrected chi connectivity index (χ4v) is 0.595. The number of imide groups is 1. The first kappa shape index (κ1) is 12.2. The van der Waals surface area contributed by atoms with E-state index in [2.05, 4.69) is 4.74 Å². The molecule has 2 N–H and O–H groups in total. The number of rotatable bonds is 4. The molecule has 0 radical (unpaired) electrons. The molecule has 0 rings (SSSR count). The third kappa shape index (κ3) is 4.24. The van der Waals surface area contributed by atoms with Crippen LogP contribution in [0.1, 0.15) is 13.8 Å². The van der Waals surface area contributed by atoms with Gasteiger partial charge in [0.2, 0.25) is 5.91 Å². The van der Waals surface area contributed by atoms with Crippen LogP contribution in [0.3, 0.4) is 0 Å². The molecule has 0 atom stereocenters. The minimum Gasteiger partial charge on any atom is -0.500 e. The normalized spacial score (nSPS) is 10.6. The number of ether oxygens (including phenoxy) is 1. The molecule has 0 aliphatic carbocycles. The van der Waals surface area contributed by atoms with Crippen LogP contribution in [0.2, 0.25) is 0 Å². The molecule has 0 fully saturated rings. The van der Waals surface area contributed by atoms with E-state index < -0.39 is 23.4 Å². The highest BCUT2D eigenvalue weighted by atomic mass is 16.5. The van der Waals surface area contributed by atoms with Crippen molar-refractivity contribution in [2.75, 3.05) is 6.61 Å². The molecular formula is C8H11NO5. The number of carbonyl (C=O) groups is 3. The molecule has 0 aromatic rings. The average Bonchev–Trinajstić information content (AvgIpc) is 2.02. The van der Waals surface area contributed by atoms with Gasteiger partial charge in [-0.2, -0.15) is 0 Å². The van der Waals surface area contributed by atoms with Gasteiger partial charge in [-0.3, -0.25) is 14.9 Å². The van der Waals surface area contributed by atoms with Crippen LogP contribution < -0.4 is 5.32 Å². The summed E-state index contributed by atoms with van der Waals surface area (Å²) in [6, 6.07) is 0. The van der Waals surface area contributed by atoms with Crippen molar-refractivity contribution in [1.82, 2.24) is 5.32 Å². The van der Waals surface area contributed by atoms with Gasteiger partial charge in [-0.1, -0.05) is 0 Å². The number of aliphatic carboxylic acids is 1. The number of carboxylic acids is 1. The maximum atomic E-state index is 11.0. The van der Waals surface area contributed by atoms with E-state index in [1.54, 1.807) is 6.92 Å². The molecule has 0 aromatic carbocycles. The fraction of sp³-hybridized carbons (Fsp3) is 0.375. The smallest absolute Gasteiger partial charge is 0.344 e. The first-order chi connectivity index (χ1) is 6.49. The van der Waals surface area contributed by atoms with Gasteiger partial charge >= 0.3 is 5.97 Å². The summed E-state index contributed by atoms with van der Waals surface area (Å²) < 4.78 is 4.64. The number of hydrogen-bond acceptors (Lipinski definition) is 4. The standard InChI is InChI=1S/C8H11NO5/c1-3-14-4-6(8(12)13)7(11)9-5(2)10/h4H,3H2,1-2H3,(H,12,13)(H,9,10,11). The Kier molecular flexibility index (Phi) is 4.98. The maximum Gasteiger partial charge on any atom is 0.344 e. The van der Waals surface area contributed by atoms with Crippen LogP contribution in [0.15, 0.2) is 11.8 Å². The molecular weight excluding hydrogens is 190 g/mol. The summed E-state index contributed by atoms with van der Waals surface area (Å²) in [6.45, 7) is 2.99. The minimum absolute atomic E-state index is 0.240. The fourth-order valence-electron chi connectivity index (χ4n) is 0.595. The zero-order valence-corrected chi connectivity index (χ0v) is 7.86. The molecule has 0 bridgehead atoms. The maximum absolute atomic E-state index is 11.0. The van der Waals surface area contributed by atoms with E-state index in [0.29, 0.717) is 0 Å². The Labute approximate surface area is 80.5 Å². The van der Waals surface area contributed by atoms with Crippen LogP contribution in [0, 0.1) is 0 Å². The number of carbonyl (C=O) groups excluding carboxylic acids is 2. The lowest BCUT2D eigenvalue weighted by Gasteiger charge is -2.01. The molecule has 6 heteroatoms. The monoisotopic (exact) mass is 201 g/mol. The van der Waals surface area contributed by atoms with E-state index in [-0.39, 0.29) is 6.61 Å². The van der Waals surface area contributed by atoms with Gasteiger partial charge in [-0.05, 0) is 6.92 Å². The largest absolute Gasteiger partial charge is 0.500 e. The molecule has 0 saturated carbocycles. The van der Waals surface area contributed by atoms with E-state index >= 15 is 0 Å². The lowest BCUT2D eigenvalue weighted by atomic mass is 10.3. The average molecular weight is 201 g/mol. The first-order valence-corrected chi connectivity index (χ1v) is 3.86. The predicted octanol–water partition coefficient (Wildman–Crippen LogP) is -0.346. The summed E-state index contributed by atoms with van der Waals surface area (Å²) >= 11 is 0. The van der Waals surface area contributed by atoms with Crippen LogP contribution in [-0.2, 0) is 19.1 Å². The van der Waals surface area contributed by atoms with Crippen LogP contribution in [0.4, 0.5) is 0 Å². The number of nitrogens with one attached hydrogen (secondary N) is 1. The molecule has 0 unspecified atom stereocenters. The summed E-state index contributed by atoms with van der Waals surface area (Å²) in [5, 5.41) is 10.4. The second-order valence-corrected chi connectivity index (χ2v) is 2.30. The molecule has 0 aliphatic rings. The second-order valence-electron chi connectivity index (χ2n) is 2.30. The Morgan fingerprint density at radius 3 is 2.36 bits per heavy atom. The van der Waals surface area contributed by atoms with Gasteiger partial charge in [0.25, 0.3) is 5.91 Å². The van der Waals surface area contributed by atoms with Gasteiger partial charge in [0, 0.05) is 6.92 Å². The molecule has 0 aromatic heterocycles. The van der Waals surface area contributed by atoms with Gasteiger partial charge in [0.15, 0.2) is 5.57 Å². The Morgan fingerprint density at radius 1 is 1.43 bits per heavy atom. The van der Waals surface area contributed by atoms with Gasteiger partial charge in [-0.15, -0.1) is 0 Å². The molecule has 0 saturated heterocycles. The van der Waals surface area contributed by atoms with Crippen molar-refractivity contribution in [3.05, 3.63) is 11.8 Å². The van der Waals surface area contributed by atoms with Crippen LogP contribution >= 0.6 is 0 Å². The molecule has 6 nitrogen and oxygen atoms in total. The Hall–Kier alpha value is -1.85. The van der Waals surface area contributed by atoms with Crippen molar-refractivity contribution < 1.29 is 24.2 Å². The van der Waals surface area contributed by atoms with Crippen LogP contribution in [0.25, 0.3) is 0 Å². The number of hydrogen-bond donors (Lipinski definition) is 2. The molecule has 0 spiro atoms. The molecule has 0 heterocycles. The summed E-state index contributed by atoms with van der Waals surface area (Å²) in [7, 11) is 0. The van der Waals surface area contributed by atoms with Crippen LogP contribution in [0.5, 0.6) is 0 Å². The molecule has 78 valence electrons. The van der Waals surface area contributed by atoms with E-state index in [0.717, 1.165) is 13.2 Å². The van der Waals surface area contributed by atoms with E-state index in [1.165, 1.54) is 0 Å². The summed E-state index contributed by atoms with van der Waals surface area (Å²) in [6.07, 6.45) is 0.806. The van der Waals surface area contributed by atoms with Crippen molar-refractivity contribution in [3.63, 3.8) is 0 Å². The van der Waals surface area contributed by atoms with E-state index in [9.17, 15) is 14.4 Å². The highest BCUT2D eigenvalue weighted by molar-refractivity contribution is 6.18. The first-order valence-electron chi connectivity index (χ1n) is 3.86. The minimum atomic E-state index is -1.45. The summed E-state index contributed by atoms with van der Waals surface area (Å²) in [5.41, 5.74) is -0.609. The molecule has 14 heavy (non-hydrogen) atoms.